The molecule has 0 saturated carbocycles. The number of nitrogens with zero attached hydrogens (tertiary/aromatic N) is 3. The van der Waals surface area contributed by atoms with E-state index in [0.717, 1.165) is 44.9 Å². The Balaban J connectivity index is 1.40. The second-order valence-corrected chi connectivity index (χ2v) is 9.04. The summed E-state index contributed by atoms with van der Waals surface area (Å²) in [7, 11) is 1.63. The van der Waals surface area contributed by atoms with E-state index in [1.807, 2.05) is 71.4 Å². The number of carbonyl (C=O) groups excluding carboxylic acids is 1. The lowest BCUT2D eigenvalue weighted by Crippen LogP contribution is -2.24. The summed E-state index contributed by atoms with van der Waals surface area (Å²) in [6.45, 7) is 2.49. The van der Waals surface area contributed by atoms with Crippen LogP contribution in [0.3, 0.4) is 0 Å². The molecule has 0 atom stereocenters. The first kappa shape index (κ1) is 22.7. The fourth-order valence-electron chi connectivity index (χ4n) is 3.99. The zero-order valence-electron chi connectivity index (χ0n) is 19.5. The quantitative estimate of drug-likeness (QED) is 0.299. The number of aryl methyl sites for hydroxylation is 1. The molecule has 35 heavy (non-hydrogen) atoms. The fraction of sp³-hybridized carbons (Fsp3) is 0.148. The Kier molecular flexibility index (Phi) is 6.54. The maximum Gasteiger partial charge on any atom is 0.230 e. The Hall–Kier alpha value is -4.04. The molecule has 8 heteroatoms. The first-order valence-electron chi connectivity index (χ1n) is 11.2. The van der Waals surface area contributed by atoms with Crippen LogP contribution in [0, 0.1) is 6.92 Å². The lowest BCUT2D eigenvalue weighted by atomic mass is 10.1. The number of fused-ring (bicyclic) bond motifs is 1. The molecule has 0 unspecified atom stereocenters. The topological polar surface area (TPSA) is 84.8 Å². The van der Waals surface area contributed by atoms with Gasteiger partial charge < -0.3 is 15.0 Å². The number of nitrogens with one attached hydrogen (secondary N) is 2. The number of H-pyrrole nitrogens is 1. The van der Waals surface area contributed by atoms with Crippen LogP contribution in [0.4, 0.5) is 0 Å². The van der Waals surface area contributed by atoms with Crippen molar-refractivity contribution in [2.24, 2.45) is 0 Å². The Bertz CT molecular complexity index is 1490. The third-order valence-corrected chi connectivity index (χ3v) is 6.71. The predicted molar refractivity (Wildman–Crippen MR) is 139 cm³/mol. The van der Waals surface area contributed by atoms with Crippen molar-refractivity contribution < 1.29 is 9.53 Å². The first-order chi connectivity index (χ1) is 17.1. The van der Waals surface area contributed by atoms with Crippen LogP contribution in [0.2, 0.25) is 0 Å². The monoisotopic (exact) mass is 483 g/mol. The highest BCUT2D eigenvalue weighted by atomic mass is 32.2. The average molecular weight is 484 g/mol. The Morgan fingerprint density at radius 3 is 2.74 bits per heavy atom. The van der Waals surface area contributed by atoms with Crippen molar-refractivity contribution >= 4 is 28.6 Å². The third kappa shape index (κ3) is 4.79. The number of thioether (sulfide) groups is 1. The van der Waals surface area contributed by atoms with Crippen LogP contribution in [0.25, 0.3) is 28.0 Å². The number of aromatic nitrogens is 4. The second-order valence-electron chi connectivity index (χ2n) is 8.09. The minimum absolute atomic E-state index is 0.0780. The number of amides is 1. The van der Waals surface area contributed by atoms with Crippen LogP contribution >= 0.6 is 11.8 Å². The minimum Gasteiger partial charge on any atom is -0.497 e. The van der Waals surface area contributed by atoms with Crippen LogP contribution in [0.15, 0.2) is 84.1 Å². The SMILES string of the molecule is COc1cccc(CNC(=O)CSc2nnc(-c3c[nH]c4ccccc34)n2-c2ccccc2C)c1. The van der Waals surface area contributed by atoms with Crippen molar-refractivity contribution in [3.05, 3.63) is 90.1 Å². The molecule has 2 N–H and O–H groups in total. The molecule has 0 aliphatic carbocycles. The molecule has 5 aromatic rings. The number of hydrogen-bond acceptors (Lipinski definition) is 5. The lowest BCUT2D eigenvalue weighted by Gasteiger charge is -2.12. The van der Waals surface area contributed by atoms with E-state index in [9.17, 15) is 4.79 Å². The molecule has 0 spiro atoms. The molecule has 0 saturated heterocycles. The molecule has 0 aliphatic rings. The summed E-state index contributed by atoms with van der Waals surface area (Å²) < 4.78 is 7.29. The molecule has 7 nitrogen and oxygen atoms in total. The van der Waals surface area contributed by atoms with Crippen LogP contribution in [-0.4, -0.2) is 38.5 Å². The zero-order chi connectivity index (χ0) is 24.2. The summed E-state index contributed by atoms with van der Waals surface area (Å²) in [5, 5.41) is 13.7. The highest BCUT2D eigenvalue weighted by molar-refractivity contribution is 7.99. The first-order valence-corrected chi connectivity index (χ1v) is 12.2. The molecule has 0 radical (unpaired) electrons. The number of benzene rings is 3. The van der Waals surface area contributed by atoms with Gasteiger partial charge in [-0.25, -0.2) is 0 Å². The van der Waals surface area contributed by atoms with E-state index in [2.05, 4.69) is 39.6 Å². The average Bonchev–Trinajstić information content (AvgIpc) is 3.50. The highest BCUT2D eigenvalue weighted by Crippen LogP contribution is 2.33. The number of aromatic amines is 1. The van der Waals surface area contributed by atoms with Gasteiger partial charge in [0.25, 0.3) is 0 Å². The highest BCUT2D eigenvalue weighted by Gasteiger charge is 2.20. The Morgan fingerprint density at radius 1 is 1.06 bits per heavy atom. The van der Waals surface area contributed by atoms with Gasteiger partial charge in [0.05, 0.1) is 18.6 Å². The number of para-hydroxylation sites is 2. The number of hydrogen-bond donors (Lipinski definition) is 2. The van der Waals surface area contributed by atoms with Crippen molar-refractivity contribution in [3.8, 4) is 22.8 Å². The molecule has 0 aliphatic heterocycles. The number of ether oxygens (including phenoxy) is 1. The normalized spacial score (nSPS) is 11.0. The van der Waals surface area contributed by atoms with Crippen LogP contribution in [0.1, 0.15) is 11.1 Å². The van der Waals surface area contributed by atoms with Crippen molar-refractivity contribution in [3.63, 3.8) is 0 Å². The summed E-state index contributed by atoms with van der Waals surface area (Å²) in [6, 6.07) is 23.9. The standard InChI is InChI=1S/C27H25N5O2S/c1-18-8-3-6-13-24(18)32-26(22-16-28-23-12-5-4-11-21(22)23)30-31-27(32)35-17-25(33)29-15-19-9-7-10-20(14-19)34-2/h3-14,16,28H,15,17H2,1-2H3,(H,29,33). The molecule has 2 heterocycles. The fourth-order valence-corrected chi connectivity index (χ4v) is 4.76. The summed E-state index contributed by atoms with van der Waals surface area (Å²) in [4.78, 5) is 16.0. The van der Waals surface area contributed by atoms with E-state index >= 15 is 0 Å². The predicted octanol–water partition coefficient (Wildman–Crippen LogP) is 5.14. The van der Waals surface area contributed by atoms with Gasteiger partial charge in [-0.2, -0.15) is 0 Å². The molecule has 0 bridgehead atoms. The largest absolute Gasteiger partial charge is 0.497 e. The van der Waals surface area contributed by atoms with Crippen LogP contribution in [0.5, 0.6) is 5.75 Å². The van der Waals surface area contributed by atoms with Crippen molar-refractivity contribution in [2.45, 2.75) is 18.6 Å². The van der Waals surface area contributed by atoms with Gasteiger partial charge in [0.2, 0.25) is 5.91 Å². The third-order valence-electron chi connectivity index (χ3n) is 5.78. The maximum absolute atomic E-state index is 12.6. The summed E-state index contributed by atoms with van der Waals surface area (Å²) in [5.74, 6) is 1.64. The van der Waals surface area contributed by atoms with Gasteiger partial charge in [-0.1, -0.05) is 60.3 Å². The molecule has 2 aromatic heterocycles. The van der Waals surface area contributed by atoms with Crippen molar-refractivity contribution in [1.29, 1.82) is 0 Å². The van der Waals surface area contributed by atoms with E-state index in [0.29, 0.717) is 11.7 Å². The molecule has 176 valence electrons. The van der Waals surface area contributed by atoms with E-state index < -0.39 is 0 Å². The minimum atomic E-state index is -0.0780. The van der Waals surface area contributed by atoms with Gasteiger partial charge >= 0.3 is 0 Å². The lowest BCUT2D eigenvalue weighted by molar-refractivity contribution is -0.118. The molecule has 1 amide bonds. The maximum atomic E-state index is 12.6. The summed E-state index contributed by atoms with van der Waals surface area (Å²) in [5.41, 5.74) is 5.06. The Labute approximate surface area is 207 Å². The van der Waals surface area contributed by atoms with Gasteiger partial charge in [-0.15, -0.1) is 10.2 Å². The molecule has 3 aromatic carbocycles. The van der Waals surface area contributed by atoms with Crippen LogP contribution < -0.4 is 10.1 Å². The smallest absolute Gasteiger partial charge is 0.230 e. The molecular formula is C27H25N5O2S. The zero-order valence-corrected chi connectivity index (χ0v) is 20.3. The Morgan fingerprint density at radius 2 is 1.89 bits per heavy atom. The number of methoxy groups -OCH3 is 1. The van der Waals surface area contributed by atoms with Gasteiger partial charge in [0, 0.05) is 29.2 Å². The van der Waals surface area contributed by atoms with E-state index in [1.165, 1.54) is 11.8 Å². The van der Waals surface area contributed by atoms with Crippen molar-refractivity contribution in [2.75, 3.05) is 12.9 Å². The second kappa shape index (κ2) is 10.1. The molecule has 0 fully saturated rings. The van der Waals surface area contributed by atoms with Gasteiger partial charge in [-0.3, -0.25) is 9.36 Å². The van der Waals surface area contributed by atoms with Crippen LogP contribution in [-0.2, 0) is 11.3 Å². The van der Waals surface area contributed by atoms with Gasteiger partial charge in [0.1, 0.15) is 5.75 Å². The van der Waals surface area contributed by atoms with E-state index in [-0.39, 0.29) is 11.7 Å². The number of rotatable bonds is 8. The number of carbonyl (C=O) groups is 1. The van der Waals surface area contributed by atoms with Crippen molar-refractivity contribution in [1.82, 2.24) is 25.1 Å². The molecular weight excluding hydrogens is 458 g/mol. The van der Waals surface area contributed by atoms with Gasteiger partial charge in [0.15, 0.2) is 11.0 Å². The summed E-state index contributed by atoms with van der Waals surface area (Å²) >= 11 is 1.37. The van der Waals surface area contributed by atoms with E-state index in [1.54, 1.807) is 7.11 Å². The molecule has 5 rings (SSSR count). The summed E-state index contributed by atoms with van der Waals surface area (Å²) in [6.07, 6.45) is 1.96. The van der Waals surface area contributed by atoms with Gasteiger partial charge in [-0.05, 0) is 42.3 Å². The van der Waals surface area contributed by atoms with E-state index in [4.69, 9.17) is 4.74 Å².